The van der Waals surface area contributed by atoms with Crippen LogP contribution in [0.5, 0.6) is 5.75 Å². The molecule has 0 bridgehead atoms. The Morgan fingerprint density at radius 1 is 1.33 bits per heavy atom. The van der Waals surface area contributed by atoms with Crippen molar-refractivity contribution >= 4 is 39.3 Å². The molecular weight excluding hydrogens is 339 g/mol. The Hall–Kier alpha value is -1.44. The van der Waals surface area contributed by atoms with E-state index in [0.717, 1.165) is 5.54 Å². The van der Waals surface area contributed by atoms with Crippen LogP contribution in [0, 0.1) is 0 Å². The van der Waals surface area contributed by atoms with Crippen molar-refractivity contribution in [2.75, 3.05) is 0 Å². The number of halogens is 2. The molecule has 0 aliphatic carbocycles. The number of para-hydroxylation sites is 1. The number of ether oxygens (including phenoxy) is 1. The number of nitrogens with one attached hydrogen (secondary N) is 2. The van der Waals surface area contributed by atoms with Gasteiger partial charge in [-0.15, -0.1) is 0 Å². The molecule has 0 spiro atoms. The maximum atomic E-state index is 12.2. The topological polar surface area (TPSA) is 84.5 Å². The first-order valence-electron chi connectivity index (χ1n) is 5.82. The largest absolute Gasteiger partial charge is 0.443 e. The molecule has 0 atom stereocenters. The van der Waals surface area contributed by atoms with Crippen molar-refractivity contribution in [3.8, 4) is 5.75 Å². The van der Waals surface area contributed by atoms with Gasteiger partial charge in [0.05, 0.1) is 5.54 Å². The molecule has 116 valence electrons. The van der Waals surface area contributed by atoms with Crippen LogP contribution < -0.4 is 14.8 Å². The van der Waals surface area contributed by atoms with Crippen molar-refractivity contribution in [2.24, 2.45) is 0 Å². The molecule has 6 nitrogen and oxygen atoms in total. The van der Waals surface area contributed by atoms with Gasteiger partial charge in [0.2, 0.25) is 5.22 Å². The fourth-order valence-corrected chi connectivity index (χ4v) is 2.53. The van der Waals surface area contributed by atoms with Crippen LogP contribution in [0.3, 0.4) is 0 Å². The monoisotopic (exact) mass is 352 g/mol. The Morgan fingerprint density at radius 2 is 1.95 bits per heavy atom. The zero-order valence-electron chi connectivity index (χ0n) is 11.3. The van der Waals surface area contributed by atoms with E-state index in [0.29, 0.717) is 0 Å². The van der Waals surface area contributed by atoms with Crippen molar-refractivity contribution < 1.29 is 17.9 Å². The van der Waals surface area contributed by atoms with E-state index < -0.39 is 16.1 Å². The predicted molar refractivity (Wildman–Crippen MR) is 80.8 cm³/mol. The molecule has 21 heavy (non-hydrogen) atoms. The summed E-state index contributed by atoms with van der Waals surface area (Å²) >= 11 is 11.0. The van der Waals surface area contributed by atoms with Crippen molar-refractivity contribution in [3.63, 3.8) is 0 Å². The fourth-order valence-electron chi connectivity index (χ4n) is 1.35. The molecule has 0 radical (unpaired) electrons. The number of amides is 2. The smallest absolute Gasteiger partial charge is 0.328 e. The first-order valence-corrected chi connectivity index (χ1v) is 8.12. The minimum atomic E-state index is -4.11. The van der Waals surface area contributed by atoms with Gasteiger partial charge in [-0.2, -0.15) is 0 Å². The molecule has 1 aromatic carbocycles. The minimum absolute atomic E-state index is 0.0516. The molecule has 0 saturated heterocycles. The van der Waals surface area contributed by atoms with E-state index in [9.17, 15) is 13.2 Å². The lowest BCUT2D eigenvalue weighted by molar-refractivity contribution is 0.243. The second kappa shape index (κ2) is 7.53. The molecule has 0 unspecified atom stereocenters. The number of rotatable bonds is 5. The molecule has 1 rings (SSSR count). The third-order valence-electron chi connectivity index (χ3n) is 2.08. The van der Waals surface area contributed by atoms with Gasteiger partial charge in [-0.05, 0) is 37.6 Å². The summed E-state index contributed by atoms with van der Waals surface area (Å²) in [4.78, 5) is 11.3. The van der Waals surface area contributed by atoms with Crippen LogP contribution in [0.15, 0.2) is 39.9 Å². The molecule has 2 N–H and O–H groups in total. The lowest BCUT2D eigenvalue weighted by Crippen LogP contribution is -2.42. The summed E-state index contributed by atoms with van der Waals surface area (Å²) in [5.74, 6) is -0.0516. The van der Waals surface area contributed by atoms with Crippen LogP contribution in [-0.4, -0.2) is 20.5 Å². The first kappa shape index (κ1) is 17.6. The Morgan fingerprint density at radius 3 is 2.52 bits per heavy atom. The van der Waals surface area contributed by atoms with Crippen LogP contribution in [0.1, 0.15) is 13.8 Å². The van der Waals surface area contributed by atoms with Crippen molar-refractivity contribution in [1.82, 2.24) is 10.0 Å². The summed E-state index contributed by atoms with van der Waals surface area (Å²) in [6, 6.07) is 4.66. The van der Waals surface area contributed by atoms with Crippen molar-refractivity contribution in [3.05, 3.63) is 35.0 Å². The van der Waals surface area contributed by atoms with E-state index in [4.69, 9.17) is 27.9 Å². The highest BCUT2D eigenvalue weighted by Crippen LogP contribution is 2.26. The van der Waals surface area contributed by atoms with Crippen molar-refractivity contribution in [1.29, 1.82) is 0 Å². The van der Waals surface area contributed by atoms with E-state index in [2.05, 4.69) is 5.32 Å². The predicted octanol–water partition coefficient (Wildman–Crippen LogP) is 2.74. The van der Waals surface area contributed by atoms with Gasteiger partial charge in [-0.3, -0.25) is 0 Å². The van der Waals surface area contributed by atoms with E-state index >= 15 is 0 Å². The van der Waals surface area contributed by atoms with Gasteiger partial charge in [0.25, 0.3) is 10.0 Å². The number of hydrogen-bond acceptors (Lipinski definition) is 4. The second-order valence-corrected chi connectivity index (χ2v) is 6.44. The SMILES string of the molecule is CC(C)NC(=O)NS(=O)(=O)c1ccccc1OC(Cl)=CCl. The van der Waals surface area contributed by atoms with Crippen LogP contribution in [0.4, 0.5) is 4.79 Å². The lowest BCUT2D eigenvalue weighted by atomic mass is 10.3. The Bertz CT molecular complexity index is 644. The maximum absolute atomic E-state index is 12.2. The molecule has 0 fully saturated rings. The third kappa shape index (κ3) is 5.45. The third-order valence-corrected chi connectivity index (χ3v) is 3.95. The second-order valence-electron chi connectivity index (χ2n) is 4.20. The molecule has 0 aliphatic rings. The number of sulfonamides is 1. The molecule has 0 aromatic heterocycles. The molecule has 9 heteroatoms. The summed E-state index contributed by atoms with van der Waals surface area (Å²) in [7, 11) is -4.11. The van der Waals surface area contributed by atoms with Crippen LogP contribution in [-0.2, 0) is 10.0 Å². The van der Waals surface area contributed by atoms with Gasteiger partial charge in [-0.25, -0.2) is 17.9 Å². The van der Waals surface area contributed by atoms with Gasteiger partial charge in [0, 0.05) is 6.04 Å². The van der Waals surface area contributed by atoms with Gasteiger partial charge in [0.1, 0.15) is 10.6 Å². The highest BCUT2D eigenvalue weighted by atomic mass is 35.5. The number of carbonyl (C=O) groups is 1. The van der Waals surface area contributed by atoms with Gasteiger partial charge >= 0.3 is 6.03 Å². The standard InChI is InChI=1S/C12H14Cl2N2O4S/c1-8(2)15-12(17)16-21(18,19)10-6-4-3-5-9(10)20-11(14)7-13/h3-8H,1-2H3,(H2,15,16,17). The van der Waals surface area contributed by atoms with Gasteiger partial charge < -0.3 is 10.1 Å². The fraction of sp³-hybridized carbons (Fsp3) is 0.250. The quantitative estimate of drug-likeness (QED) is 0.798. The molecular formula is C12H14Cl2N2O4S. The summed E-state index contributed by atoms with van der Waals surface area (Å²) in [6.45, 7) is 3.41. The summed E-state index contributed by atoms with van der Waals surface area (Å²) < 4.78 is 31.3. The number of hydrogen-bond donors (Lipinski definition) is 2. The van der Waals surface area contributed by atoms with E-state index in [1.165, 1.54) is 18.2 Å². The van der Waals surface area contributed by atoms with Crippen molar-refractivity contribution in [2.45, 2.75) is 24.8 Å². The Balaban J connectivity index is 3.06. The number of carbonyl (C=O) groups excluding carboxylic acids is 1. The highest BCUT2D eigenvalue weighted by molar-refractivity contribution is 7.90. The zero-order valence-corrected chi connectivity index (χ0v) is 13.6. The number of urea groups is 1. The summed E-state index contributed by atoms with van der Waals surface area (Å²) in [5, 5.41) is 2.21. The lowest BCUT2D eigenvalue weighted by Gasteiger charge is -2.13. The molecule has 1 aromatic rings. The first-order chi connectivity index (χ1) is 9.76. The Kier molecular flexibility index (Phi) is 6.32. The minimum Gasteiger partial charge on any atom is -0.443 e. The molecule has 0 heterocycles. The van der Waals surface area contributed by atoms with Crippen LogP contribution in [0.25, 0.3) is 0 Å². The zero-order chi connectivity index (χ0) is 16.0. The molecule has 2 amide bonds. The van der Waals surface area contributed by atoms with Crippen LogP contribution in [0.2, 0.25) is 0 Å². The van der Waals surface area contributed by atoms with Crippen LogP contribution >= 0.6 is 23.2 Å². The summed E-state index contributed by atoms with van der Waals surface area (Å²) in [6.07, 6.45) is 0. The average Bonchev–Trinajstić information content (AvgIpc) is 2.37. The molecule has 0 saturated carbocycles. The maximum Gasteiger partial charge on any atom is 0.328 e. The number of benzene rings is 1. The molecule has 0 aliphatic heterocycles. The highest BCUT2D eigenvalue weighted by Gasteiger charge is 2.22. The summed E-state index contributed by atoms with van der Waals surface area (Å²) in [5.41, 5.74) is 0.948. The van der Waals surface area contributed by atoms with Gasteiger partial charge in [0.15, 0.2) is 0 Å². The van der Waals surface area contributed by atoms with Gasteiger partial charge in [-0.1, -0.05) is 23.7 Å². The normalized spacial score (nSPS) is 12.1. The average molecular weight is 353 g/mol. The Labute approximate surface area is 133 Å². The van der Waals surface area contributed by atoms with E-state index in [1.807, 2.05) is 4.72 Å². The van der Waals surface area contributed by atoms with E-state index in [-0.39, 0.29) is 21.9 Å². The van der Waals surface area contributed by atoms with E-state index in [1.54, 1.807) is 19.9 Å².